The van der Waals surface area contributed by atoms with Crippen molar-refractivity contribution in [1.29, 1.82) is 5.26 Å². The van der Waals surface area contributed by atoms with Gasteiger partial charge in [-0.05, 0) is 38.0 Å². The first kappa shape index (κ1) is 15.6. The molecule has 1 aliphatic rings. The van der Waals surface area contributed by atoms with Crippen LogP contribution in [0.3, 0.4) is 0 Å². The van der Waals surface area contributed by atoms with E-state index in [0.717, 1.165) is 19.4 Å². The van der Waals surface area contributed by atoms with Crippen molar-refractivity contribution in [2.45, 2.75) is 25.9 Å². The van der Waals surface area contributed by atoms with Crippen molar-refractivity contribution in [3.05, 3.63) is 28.8 Å². The third-order valence-electron chi connectivity index (χ3n) is 3.46. The second-order valence-electron chi connectivity index (χ2n) is 4.91. The van der Waals surface area contributed by atoms with Gasteiger partial charge in [0.2, 0.25) is 0 Å². The molecule has 0 saturated carbocycles. The van der Waals surface area contributed by atoms with Gasteiger partial charge in [-0.25, -0.2) is 4.79 Å². The van der Waals surface area contributed by atoms with Crippen molar-refractivity contribution in [2.24, 2.45) is 0 Å². The first-order valence-electron chi connectivity index (χ1n) is 7.01. The molecule has 1 N–H and O–H groups in total. The summed E-state index contributed by atoms with van der Waals surface area (Å²) in [6, 6.07) is 6.64. The lowest BCUT2D eigenvalue weighted by molar-refractivity contribution is 0.0849. The minimum absolute atomic E-state index is 0.125. The summed E-state index contributed by atoms with van der Waals surface area (Å²) >= 11 is 5.96. The van der Waals surface area contributed by atoms with E-state index < -0.39 is 0 Å². The van der Waals surface area contributed by atoms with Crippen LogP contribution in [0.2, 0.25) is 5.02 Å². The number of anilines is 1. The van der Waals surface area contributed by atoms with E-state index in [-0.39, 0.29) is 12.1 Å². The third kappa shape index (κ3) is 4.10. The number of urea groups is 1. The maximum absolute atomic E-state index is 12.2. The van der Waals surface area contributed by atoms with Crippen LogP contribution in [0.15, 0.2) is 18.2 Å². The molecule has 1 aromatic rings. The number of carbonyl (C=O) groups excluding carboxylic acids is 1. The van der Waals surface area contributed by atoms with Gasteiger partial charge >= 0.3 is 6.03 Å². The van der Waals surface area contributed by atoms with E-state index >= 15 is 0 Å². The molecule has 1 aromatic carbocycles. The van der Waals surface area contributed by atoms with Gasteiger partial charge in [0.25, 0.3) is 0 Å². The standard InChI is InChI=1S/C15H18ClN3O2/c1-2-19(10-13-4-3-7-21-13)15(20)18-12-6-5-11(9-17)14(16)8-12/h5-6,8,13H,2-4,7,10H2,1H3,(H,18,20)/t13-/m1/s1. The van der Waals surface area contributed by atoms with Crippen LogP contribution >= 0.6 is 11.6 Å². The Morgan fingerprint density at radius 1 is 1.62 bits per heavy atom. The van der Waals surface area contributed by atoms with E-state index in [9.17, 15) is 4.79 Å². The molecule has 5 nitrogen and oxygen atoms in total. The molecule has 0 radical (unpaired) electrons. The molecule has 1 fully saturated rings. The van der Waals surface area contributed by atoms with Gasteiger partial charge in [0.05, 0.1) is 16.7 Å². The summed E-state index contributed by atoms with van der Waals surface area (Å²) in [5.41, 5.74) is 0.969. The number of nitrogens with zero attached hydrogens (tertiary/aromatic N) is 2. The highest BCUT2D eigenvalue weighted by Crippen LogP contribution is 2.21. The van der Waals surface area contributed by atoms with Crippen molar-refractivity contribution < 1.29 is 9.53 Å². The Labute approximate surface area is 129 Å². The lowest BCUT2D eigenvalue weighted by atomic mass is 10.2. The molecule has 0 unspecified atom stereocenters. The number of halogens is 1. The molecule has 0 aromatic heterocycles. The van der Waals surface area contributed by atoms with E-state index in [0.29, 0.717) is 29.4 Å². The predicted octanol–water partition coefficient (Wildman–Crippen LogP) is 3.24. The average Bonchev–Trinajstić information content (AvgIpc) is 2.98. The maximum atomic E-state index is 12.2. The zero-order chi connectivity index (χ0) is 15.2. The molecule has 2 amide bonds. The van der Waals surface area contributed by atoms with Gasteiger partial charge in [-0.15, -0.1) is 0 Å². The largest absolute Gasteiger partial charge is 0.376 e. The lowest BCUT2D eigenvalue weighted by Gasteiger charge is -2.24. The van der Waals surface area contributed by atoms with Gasteiger partial charge in [0.1, 0.15) is 6.07 Å². The molecule has 1 heterocycles. The number of hydrogen-bond acceptors (Lipinski definition) is 3. The highest BCUT2D eigenvalue weighted by molar-refractivity contribution is 6.32. The topological polar surface area (TPSA) is 65.4 Å². The molecule has 21 heavy (non-hydrogen) atoms. The van der Waals surface area contributed by atoms with Crippen molar-refractivity contribution in [3.63, 3.8) is 0 Å². The zero-order valence-electron chi connectivity index (χ0n) is 11.9. The second-order valence-corrected chi connectivity index (χ2v) is 5.32. The summed E-state index contributed by atoms with van der Waals surface area (Å²) in [5, 5.41) is 12.0. The smallest absolute Gasteiger partial charge is 0.321 e. The number of nitrogens with one attached hydrogen (secondary N) is 1. The highest BCUT2D eigenvalue weighted by atomic mass is 35.5. The molecule has 1 atom stereocenters. The third-order valence-corrected chi connectivity index (χ3v) is 3.77. The number of carbonyl (C=O) groups is 1. The van der Waals surface area contributed by atoms with E-state index in [1.165, 1.54) is 0 Å². The summed E-state index contributed by atoms with van der Waals surface area (Å²) < 4.78 is 5.56. The van der Waals surface area contributed by atoms with E-state index in [1.807, 2.05) is 13.0 Å². The predicted molar refractivity (Wildman–Crippen MR) is 81.4 cm³/mol. The molecule has 112 valence electrons. The van der Waals surface area contributed by atoms with E-state index in [4.69, 9.17) is 21.6 Å². The fourth-order valence-electron chi connectivity index (χ4n) is 2.28. The first-order chi connectivity index (χ1) is 10.1. The summed E-state index contributed by atoms with van der Waals surface area (Å²) in [6.07, 6.45) is 2.17. The quantitative estimate of drug-likeness (QED) is 0.928. The van der Waals surface area contributed by atoms with E-state index in [1.54, 1.807) is 23.1 Å². The molecule has 0 aliphatic carbocycles. The van der Waals surface area contributed by atoms with E-state index in [2.05, 4.69) is 5.32 Å². The monoisotopic (exact) mass is 307 g/mol. The van der Waals surface area contributed by atoms with Crippen LogP contribution in [-0.4, -0.2) is 36.7 Å². The minimum Gasteiger partial charge on any atom is -0.376 e. The number of rotatable bonds is 4. The second kappa shape index (κ2) is 7.30. The van der Waals surface area contributed by atoms with Gasteiger partial charge in [0.15, 0.2) is 0 Å². The van der Waals surface area contributed by atoms with Crippen LogP contribution in [0.5, 0.6) is 0 Å². The van der Waals surface area contributed by atoms with Crippen LogP contribution in [0.4, 0.5) is 10.5 Å². The molecule has 0 spiro atoms. The Kier molecular flexibility index (Phi) is 5.43. The van der Waals surface area contributed by atoms with Crippen LogP contribution in [0, 0.1) is 11.3 Å². The molecular weight excluding hydrogens is 290 g/mol. The Morgan fingerprint density at radius 3 is 3.00 bits per heavy atom. The van der Waals surface area contributed by atoms with Crippen LogP contribution < -0.4 is 5.32 Å². The normalized spacial score (nSPS) is 17.3. The summed E-state index contributed by atoms with van der Waals surface area (Å²) in [7, 11) is 0. The number of benzene rings is 1. The Bertz CT molecular complexity index is 550. The van der Waals surface area contributed by atoms with Crippen molar-refractivity contribution >= 4 is 23.3 Å². The summed E-state index contributed by atoms with van der Waals surface area (Å²) in [6.45, 7) is 3.90. The lowest BCUT2D eigenvalue weighted by Crippen LogP contribution is -2.39. The van der Waals surface area contributed by atoms with Gasteiger partial charge in [-0.3, -0.25) is 0 Å². The van der Waals surface area contributed by atoms with Gasteiger partial charge in [-0.1, -0.05) is 11.6 Å². The number of nitriles is 1. The van der Waals surface area contributed by atoms with Crippen molar-refractivity contribution in [2.75, 3.05) is 25.0 Å². The van der Waals surface area contributed by atoms with Crippen LogP contribution in [-0.2, 0) is 4.74 Å². The fourth-order valence-corrected chi connectivity index (χ4v) is 2.50. The van der Waals surface area contributed by atoms with Crippen molar-refractivity contribution in [1.82, 2.24) is 4.90 Å². The maximum Gasteiger partial charge on any atom is 0.321 e. The molecule has 0 bridgehead atoms. The number of hydrogen-bond donors (Lipinski definition) is 1. The molecule has 6 heteroatoms. The number of ether oxygens (including phenoxy) is 1. The van der Waals surface area contributed by atoms with Crippen molar-refractivity contribution in [3.8, 4) is 6.07 Å². The number of amides is 2. The van der Waals surface area contributed by atoms with Gasteiger partial charge in [-0.2, -0.15) is 5.26 Å². The highest BCUT2D eigenvalue weighted by Gasteiger charge is 2.21. The Morgan fingerprint density at radius 2 is 2.43 bits per heavy atom. The Hall–Kier alpha value is -1.77. The average molecular weight is 308 g/mol. The molecule has 1 saturated heterocycles. The molecule has 1 aliphatic heterocycles. The van der Waals surface area contributed by atoms with Crippen LogP contribution in [0.1, 0.15) is 25.3 Å². The van der Waals surface area contributed by atoms with Crippen LogP contribution in [0.25, 0.3) is 0 Å². The summed E-state index contributed by atoms with van der Waals surface area (Å²) in [4.78, 5) is 14.0. The first-order valence-corrected chi connectivity index (χ1v) is 7.39. The zero-order valence-corrected chi connectivity index (χ0v) is 12.7. The number of likely N-dealkylation sites (N-methyl/N-ethyl adjacent to an activating group) is 1. The minimum atomic E-state index is -0.186. The molecule has 2 rings (SSSR count). The Balaban J connectivity index is 1.98. The van der Waals surface area contributed by atoms with Gasteiger partial charge < -0.3 is 15.0 Å². The van der Waals surface area contributed by atoms with Gasteiger partial charge in [0, 0.05) is 25.4 Å². The summed E-state index contributed by atoms with van der Waals surface area (Å²) in [5.74, 6) is 0. The molecular formula is C15H18ClN3O2. The SMILES string of the molecule is CCN(C[C@H]1CCCO1)C(=O)Nc1ccc(C#N)c(Cl)c1. The fraction of sp³-hybridized carbons (Fsp3) is 0.467.